The third kappa shape index (κ3) is 4.19. The van der Waals surface area contributed by atoms with Crippen molar-refractivity contribution in [1.29, 1.82) is 0 Å². The van der Waals surface area contributed by atoms with Gasteiger partial charge in [0.1, 0.15) is 5.69 Å². The Morgan fingerprint density at radius 2 is 1.75 bits per heavy atom. The van der Waals surface area contributed by atoms with Crippen molar-refractivity contribution in [3.05, 3.63) is 40.1 Å². The third-order valence-corrected chi connectivity index (χ3v) is 5.83. The highest BCUT2D eigenvalue weighted by atomic mass is 35.5. The van der Waals surface area contributed by atoms with Gasteiger partial charge in [0.2, 0.25) is 0 Å². The number of hydrogen-bond acceptors (Lipinski definition) is 5. The molecule has 3 rings (SSSR count). The fourth-order valence-electron chi connectivity index (χ4n) is 3.73. The van der Waals surface area contributed by atoms with E-state index >= 15 is 0 Å². The SMILES string of the molecule is CC(C)C1(C(C)C)Oc2c(OC(F)F)ccc(C(=O)Nc3c(Cl)cncc3Cl)c2NC1=O. The van der Waals surface area contributed by atoms with Crippen LogP contribution in [0.5, 0.6) is 11.5 Å². The molecular formula is C21H21Cl2F2N3O4. The van der Waals surface area contributed by atoms with Crippen LogP contribution in [-0.2, 0) is 4.79 Å². The minimum absolute atomic E-state index is 0.0555. The molecule has 172 valence electrons. The van der Waals surface area contributed by atoms with Crippen LogP contribution in [0.1, 0.15) is 38.1 Å². The molecule has 0 fully saturated rings. The van der Waals surface area contributed by atoms with Gasteiger partial charge in [-0.15, -0.1) is 0 Å². The van der Waals surface area contributed by atoms with E-state index in [4.69, 9.17) is 27.9 Å². The van der Waals surface area contributed by atoms with E-state index < -0.39 is 24.0 Å². The molecule has 2 aromatic rings. The number of amides is 2. The number of pyridine rings is 1. The summed E-state index contributed by atoms with van der Waals surface area (Å²) < 4.78 is 36.7. The zero-order chi connectivity index (χ0) is 23.8. The molecular weight excluding hydrogens is 467 g/mol. The van der Waals surface area contributed by atoms with E-state index in [1.54, 1.807) is 27.7 Å². The topological polar surface area (TPSA) is 89.6 Å². The summed E-state index contributed by atoms with van der Waals surface area (Å²) in [5.41, 5.74) is -1.40. The second kappa shape index (κ2) is 9.07. The smallest absolute Gasteiger partial charge is 0.387 e. The highest BCUT2D eigenvalue weighted by Crippen LogP contribution is 2.48. The molecule has 2 N–H and O–H groups in total. The summed E-state index contributed by atoms with van der Waals surface area (Å²) >= 11 is 12.1. The Hall–Kier alpha value is -2.65. The molecule has 1 aliphatic heterocycles. The van der Waals surface area contributed by atoms with Crippen molar-refractivity contribution in [2.24, 2.45) is 11.8 Å². The Kier molecular flexibility index (Phi) is 6.80. The fraction of sp³-hybridized carbons (Fsp3) is 0.381. The van der Waals surface area contributed by atoms with E-state index in [9.17, 15) is 18.4 Å². The molecule has 2 amide bonds. The summed E-state index contributed by atoms with van der Waals surface area (Å²) in [5, 5.41) is 5.40. The number of carbonyl (C=O) groups excluding carboxylic acids is 2. The number of carbonyl (C=O) groups is 2. The lowest BCUT2D eigenvalue weighted by Gasteiger charge is -2.43. The molecule has 0 radical (unpaired) electrons. The van der Waals surface area contributed by atoms with Crippen molar-refractivity contribution in [2.75, 3.05) is 10.6 Å². The maximum Gasteiger partial charge on any atom is 0.387 e. The Balaban J connectivity index is 2.12. The maximum atomic E-state index is 13.1. The van der Waals surface area contributed by atoms with Gasteiger partial charge in [-0.05, 0) is 12.1 Å². The Morgan fingerprint density at radius 3 is 2.28 bits per heavy atom. The lowest BCUT2D eigenvalue weighted by atomic mass is 9.78. The number of rotatable bonds is 6. The summed E-state index contributed by atoms with van der Waals surface area (Å²) in [6.45, 7) is 3.98. The van der Waals surface area contributed by atoms with Crippen molar-refractivity contribution in [1.82, 2.24) is 4.98 Å². The number of alkyl halides is 2. The number of halogens is 4. The molecule has 1 aliphatic rings. The number of ether oxygens (including phenoxy) is 2. The molecule has 0 unspecified atom stereocenters. The van der Waals surface area contributed by atoms with Gasteiger partial charge in [-0.3, -0.25) is 14.6 Å². The largest absolute Gasteiger partial charge is 0.471 e. The number of nitrogens with one attached hydrogen (secondary N) is 2. The van der Waals surface area contributed by atoms with Crippen molar-refractivity contribution >= 4 is 46.4 Å². The van der Waals surface area contributed by atoms with Gasteiger partial charge in [-0.2, -0.15) is 8.78 Å². The Bertz CT molecular complexity index is 1040. The van der Waals surface area contributed by atoms with Crippen molar-refractivity contribution in [3.63, 3.8) is 0 Å². The Labute approximate surface area is 193 Å². The molecule has 32 heavy (non-hydrogen) atoms. The van der Waals surface area contributed by atoms with E-state index in [0.717, 1.165) is 0 Å². The van der Waals surface area contributed by atoms with Gasteiger partial charge in [0.05, 0.1) is 21.3 Å². The number of anilines is 2. The van der Waals surface area contributed by atoms with Crippen molar-refractivity contribution in [3.8, 4) is 11.5 Å². The van der Waals surface area contributed by atoms with E-state index in [0.29, 0.717) is 0 Å². The van der Waals surface area contributed by atoms with Crippen LogP contribution >= 0.6 is 23.2 Å². The van der Waals surface area contributed by atoms with Crippen LogP contribution in [0.25, 0.3) is 0 Å². The molecule has 0 atom stereocenters. The summed E-state index contributed by atoms with van der Waals surface area (Å²) in [7, 11) is 0. The highest BCUT2D eigenvalue weighted by molar-refractivity contribution is 6.39. The molecule has 0 bridgehead atoms. The fourth-order valence-corrected chi connectivity index (χ4v) is 4.19. The summed E-state index contributed by atoms with van der Waals surface area (Å²) in [6, 6.07) is 2.41. The minimum atomic E-state index is -3.14. The number of benzene rings is 1. The molecule has 0 spiro atoms. The molecule has 7 nitrogen and oxygen atoms in total. The van der Waals surface area contributed by atoms with Crippen LogP contribution in [0, 0.1) is 11.8 Å². The minimum Gasteiger partial charge on any atom is -0.471 e. The molecule has 1 aromatic carbocycles. The maximum absolute atomic E-state index is 13.1. The summed E-state index contributed by atoms with van der Waals surface area (Å²) in [6.07, 6.45) is 2.59. The van der Waals surface area contributed by atoms with Crippen molar-refractivity contribution in [2.45, 2.75) is 39.9 Å². The first-order valence-corrected chi connectivity index (χ1v) is 10.5. The quantitative estimate of drug-likeness (QED) is 0.551. The van der Waals surface area contributed by atoms with Crippen LogP contribution in [-0.4, -0.2) is 29.0 Å². The molecule has 0 aliphatic carbocycles. The van der Waals surface area contributed by atoms with E-state index in [-0.39, 0.29) is 50.3 Å². The Morgan fingerprint density at radius 1 is 1.16 bits per heavy atom. The first-order chi connectivity index (χ1) is 15.0. The van der Waals surface area contributed by atoms with Crippen LogP contribution < -0.4 is 20.1 Å². The second-order valence-electron chi connectivity index (χ2n) is 7.78. The number of fused-ring (bicyclic) bond motifs is 1. The van der Waals surface area contributed by atoms with Gasteiger partial charge in [0.15, 0.2) is 17.1 Å². The second-order valence-corrected chi connectivity index (χ2v) is 8.60. The molecule has 0 saturated carbocycles. The third-order valence-electron chi connectivity index (χ3n) is 5.25. The van der Waals surface area contributed by atoms with Crippen LogP contribution in [0.4, 0.5) is 20.2 Å². The predicted molar refractivity (Wildman–Crippen MR) is 117 cm³/mol. The zero-order valence-electron chi connectivity index (χ0n) is 17.6. The predicted octanol–water partition coefficient (Wildman–Crippen LogP) is 5.62. The van der Waals surface area contributed by atoms with E-state index in [1.807, 2.05) is 0 Å². The highest BCUT2D eigenvalue weighted by Gasteiger charge is 2.51. The van der Waals surface area contributed by atoms with Crippen LogP contribution in [0.3, 0.4) is 0 Å². The molecule has 0 saturated heterocycles. The first kappa shape index (κ1) is 24.0. The van der Waals surface area contributed by atoms with Gasteiger partial charge >= 0.3 is 6.61 Å². The van der Waals surface area contributed by atoms with Gasteiger partial charge in [0.25, 0.3) is 11.8 Å². The normalized spacial score (nSPS) is 14.8. The van der Waals surface area contributed by atoms with Gasteiger partial charge in [0, 0.05) is 24.2 Å². The van der Waals surface area contributed by atoms with E-state index in [2.05, 4.69) is 20.4 Å². The lowest BCUT2D eigenvalue weighted by Crippen LogP contribution is -2.58. The average molecular weight is 488 g/mol. The summed E-state index contributed by atoms with van der Waals surface area (Å²) in [5.74, 6) is -2.31. The van der Waals surface area contributed by atoms with Crippen LogP contribution in [0.15, 0.2) is 24.5 Å². The molecule has 1 aromatic heterocycles. The summed E-state index contributed by atoms with van der Waals surface area (Å²) in [4.78, 5) is 30.0. The van der Waals surface area contributed by atoms with Crippen molar-refractivity contribution < 1.29 is 27.8 Å². The van der Waals surface area contributed by atoms with Gasteiger partial charge in [-0.1, -0.05) is 50.9 Å². The van der Waals surface area contributed by atoms with E-state index in [1.165, 1.54) is 24.5 Å². The number of aromatic nitrogens is 1. The average Bonchev–Trinajstić information content (AvgIpc) is 2.69. The van der Waals surface area contributed by atoms with Crippen LogP contribution in [0.2, 0.25) is 10.0 Å². The molecule has 2 heterocycles. The monoisotopic (exact) mass is 487 g/mol. The molecule has 11 heteroatoms. The number of nitrogens with zero attached hydrogens (tertiary/aromatic N) is 1. The van der Waals surface area contributed by atoms with Gasteiger partial charge < -0.3 is 20.1 Å². The first-order valence-electron chi connectivity index (χ1n) is 9.71. The standard InChI is InChI=1S/C21H21Cl2F2N3O4/c1-9(2)21(10(3)4)19(30)28-15-11(5-6-14(17(15)32-21)31-20(24)25)18(29)27-16-12(22)7-26-8-13(16)23/h5-10,20H,1-4H3,(H,28,30)(H,26,27,29). The zero-order valence-corrected chi connectivity index (χ0v) is 19.1. The lowest BCUT2D eigenvalue weighted by molar-refractivity contribution is -0.142. The number of hydrogen-bond donors (Lipinski definition) is 2. The van der Waals surface area contributed by atoms with Gasteiger partial charge in [-0.25, -0.2) is 0 Å².